The van der Waals surface area contributed by atoms with Crippen LogP contribution in [0.15, 0.2) is 0 Å². The van der Waals surface area contributed by atoms with Crippen LogP contribution < -0.4 is 5.32 Å². The van der Waals surface area contributed by atoms with Crippen LogP contribution in [0, 0.1) is 0 Å². The maximum absolute atomic E-state index is 12.1. The van der Waals surface area contributed by atoms with Gasteiger partial charge >= 0.3 is 6.03 Å². The quantitative estimate of drug-likeness (QED) is 0.580. The van der Waals surface area contributed by atoms with E-state index in [0.717, 1.165) is 0 Å². The highest BCUT2D eigenvalue weighted by Gasteiger charge is 2.54. The standard InChI is InChI=1S/C12H19BrN2O6/c1-3-20-10-12(2,13)9(18)14-11(19)15(10)8-4-6(17)7(5-16)21-8/h6-8,10,16-17H,3-5H2,1-2H3,(H,14,18,19)/t6?,7-,8-,10?,12?/m1/s1. The molecule has 9 heteroatoms. The maximum atomic E-state index is 12.1. The molecule has 0 aromatic rings. The van der Waals surface area contributed by atoms with E-state index in [1.807, 2.05) is 0 Å². The first-order chi connectivity index (χ1) is 9.82. The molecule has 2 aliphatic rings. The fraction of sp³-hybridized carbons (Fsp3) is 0.833. The van der Waals surface area contributed by atoms with Gasteiger partial charge in [-0.1, -0.05) is 15.9 Å². The smallest absolute Gasteiger partial charge is 0.328 e. The number of nitrogens with zero attached hydrogens (tertiary/aromatic N) is 1. The zero-order valence-corrected chi connectivity index (χ0v) is 13.4. The van der Waals surface area contributed by atoms with E-state index in [1.165, 1.54) is 4.90 Å². The molecule has 3 unspecified atom stereocenters. The first-order valence-corrected chi connectivity index (χ1v) is 7.50. The monoisotopic (exact) mass is 366 g/mol. The molecular weight excluding hydrogens is 348 g/mol. The maximum Gasteiger partial charge on any atom is 0.328 e. The Balaban J connectivity index is 2.26. The van der Waals surface area contributed by atoms with Gasteiger partial charge in [-0.15, -0.1) is 0 Å². The summed E-state index contributed by atoms with van der Waals surface area (Å²) in [4.78, 5) is 25.3. The largest absolute Gasteiger partial charge is 0.394 e. The van der Waals surface area contributed by atoms with Crippen molar-refractivity contribution in [3.8, 4) is 0 Å². The van der Waals surface area contributed by atoms with Gasteiger partial charge in [-0.05, 0) is 13.8 Å². The van der Waals surface area contributed by atoms with Gasteiger partial charge in [0.2, 0.25) is 5.91 Å². The number of aliphatic hydroxyl groups is 2. The molecule has 0 spiro atoms. The molecule has 0 aliphatic carbocycles. The lowest BCUT2D eigenvalue weighted by Gasteiger charge is -2.45. The van der Waals surface area contributed by atoms with Crippen LogP contribution in [0.25, 0.3) is 0 Å². The van der Waals surface area contributed by atoms with Crippen LogP contribution in [0.5, 0.6) is 0 Å². The number of ether oxygens (including phenoxy) is 2. The Morgan fingerprint density at radius 3 is 2.76 bits per heavy atom. The van der Waals surface area contributed by atoms with E-state index in [1.54, 1.807) is 13.8 Å². The lowest BCUT2D eigenvalue weighted by Crippen LogP contribution is -2.69. The molecule has 2 aliphatic heterocycles. The third kappa shape index (κ3) is 2.93. The predicted octanol–water partition coefficient (Wildman–Crippen LogP) is -0.477. The molecule has 5 atom stereocenters. The Morgan fingerprint density at radius 2 is 2.24 bits per heavy atom. The Labute approximate surface area is 130 Å². The van der Waals surface area contributed by atoms with Gasteiger partial charge in [-0.25, -0.2) is 4.79 Å². The van der Waals surface area contributed by atoms with E-state index in [0.29, 0.717) is 6.61 Å². The van der Waals surface area contributed by atoms with Crippen molar-refractivity contribution in [2.24, 2.45) is 0 Å². The summed E-state index contributed by atoms with van der Waals surface area (Å²) < 4.78 is 9.90. The summed E-state index contributed by atoms with van der Waals surface area (Å²) in [5.41, 5.74) is 0. The highest BCUT2D eigenvalue weighted by Crippen LogP contribution is 2.35. The number of carbonyl (C=O) groups excluding carboxylic acids is 2. The van der Waals surface area contributed by atoms with Crippen molar-refractivity contribution in [1.82, 2.24) is 10.2 Å². The van der Waals surface area contributed by atoms with Crippen molar-refractivity contribution in [2.75, 3.05) is 13.2 Å². The predicted molar refractivity (Wildman–Crippen MR) is 74.5 cm³/mol. The number of alkyl halides is 1. The van der Waals surface area contributed by atoms with Gasteiger partial charge < -0.3 is 19.7 Å². The second-order valence-electron chi connectivity index (χ2n) is 5.16. The molecule has 8 nitrogen and oxygen atoms in total. The van der Waals surface area contributed by atoms with E-state index in [-0.39, 0.29) is 13.0 Å². The summed E-state index contributed by atoms with van der Waals surface area (Å²) in [6.07, 6.45) is -3.16. The van der Waals surface area contributed by atoms with Gasteiger partial charge in [0, 0.05) is 13.0 Å². The minimum Gasteiger partial charge on any atom is -0.394 e. The van der Waals surface area contributed by atoms with Crippen LogP contribution in [-0.2, 0) is 14.3 Å². The summed E-state index contributed by atoms with van der Waals surface area (Å²) >= 11 is 3.29. The molecule has 0 aromatic heterocycles. The van der Waals surface area contributed by atoms with E-state index in [2.05, 4.69) is 21.2 Å². The van der Waals surface area contributed by atoms with Gasteiger partial charge in [-0.3, -0.25) is 15.0 Å². The van der Waals surface area contributed by atoms with Gasteiger partial charge in [0.1, 0.15) is 16.7 Å². The molecule has 3 amide bonds. The molecule has 21 heavy (non-hydrogen) atoms. The number of hydrogen-bond donors (Lipinski definition) is 3. The van der Waals surface area contributed by atoms with Crippen molar-refractivity contribution in [3.63, 3.8) is 0 Å². The SMILES string of the molecule is CCOC1N([C@H]2CC(O)[C@@H](CO)O2)C(=O)NC(=O)C1(C)Br. The number of hydrogen-bond acceptors (Lipinski definition) is 6. The number of urea groups is 1. The summed E-state index contributed by atoms with van der Waals surface area (Å²) in [6, 6.07) is -0.647. The van der Waals surface area contributed by atoms with Gasteiger partial charge in [0.25, 0.3) is 0 Å². The van der Waals surface area contributed by atoms with Crippen molar-refractivity contribution >= 4 is 27.9 Å². The van der Waals surface area contributed by atoms with Crippen LogP contribution in [-0.4, -0.2) is 69.3 Å². The van der Waals surface area contributed by atoms with Crippen molar-refractivity contribution in [1.29, 1.82) is 0 Å². The number of aliphatic hydroxyl groups excluding tert-OH is 2. The molecule has 0 bridgehead atoms. The highest BCUT2D eigenvalue weighted by atomic mass is 79.9. The van der Waals surface area contributed by atoms with Crippen molar-refractivity contribution < 1.29 is 29.3 Å². The molecular formula is C12H19BrN2O6. The normalized spacial score (nSPS) is 40.5. The van der Waals surface area contributed by atoms with Gasteiger partial charge in [-0.2, -0.15) is 0 Å². The molecule has 0 radical (unpaired) electrons. The number of halogens is 1. The Bertz CT molecular complexity index is 432. The van der Waals surface area contributed by atoms with Crippen LogP contribution in [0.4, 0.5) is 4.79 Å². The molecule has 3 N–H and O–H groups in total. The van der Waals surface area contributed by atoms with Crippen molar-refractivity contribution in [2.45, 2.75) is 49.3 Å². The fourth-order valence-electron chi connectivity index (χ4n) is 2.49. The number of amides is 3. The Morgan fingerprint density at radius 1 is 1.57 bits per heavy atom. The molecule has 2 rings (SSSR count). The third-order valence-electron chi connectivity index (χ3n) is 3.63. The topological polar surface area (TPSA) is 108 Å². The van der Waals surface area contributed by atoms with Crippen LogP contribution in [0.1, 0.15) is 20.3 Å². The van der Waals surface area contributed by atoms with Crippen LogP contribution in [0.3, 0.4) is 0 Å². The summed E-state index contributed by atoms with van der Waals surface area (Å²) in [7, 11) is 0. The first-order valence-electron chi connectivity index (χ1n) is 6.71. The second-order valence-corrected chi connectivity index (χ2v) is 6.81. The van der Waals surface area contributed by atoms with E-state index in [4.69, 9.17) is 14.6 Å². The fourth-order valence-corrected chi connectivity index (χ4v) is 2.94. The molecule has 2 saturated heterocycles. The number of rotatable bonds is 4. The number of nitrogens with one attached hydrogen (secondary N) is 1. The zero-order valence-electron chi connectivity index (χ0n) is 11.8. The van der Waals surface area contributed by atoms with E-state index in [9.17, 15) is 14.7 Å². The molecule has 0 aromatic carbocycles. The summed E-state index contributed by atoms with van der Waals surface area (Å²) in [5, 5.41) is 21.2. The van der Waals surface area contributed by atoms with Crippen LogP contribution in [0.2, 0.25) is 0 Å². The lowest BCUT2D eigenvalue weighted by molar-refractivity contribution is -0.158. The number of imide groups is 1. The lowest BCUT2D eigenvalue weighted by atomic mass is 10.0. The van der Waals surface area contributed by atoms with E-state index < -0.39 is 40.9 Å². The third-order valence-corrected chi connectivity index (χ3v) is 4.39. The second kappa shape index (κ2) is 6.17. The number of carbonyl (C=O) groups is 2. The van der Waals surface area contributed by atoms with Crippen LogP contribution >= 0.6 is 15.9 Å². The highest BCUT2D eigenvalue weighted by molar-refractivity contribution is 9.10. The Hall–Kier alpha value is -0.740. The minimum absolute atomic E-state index is 0.138. The average Bonchev–Trinajstić information content (AvgIpc) is 2.77. The molecule has 2 fully saturated rings. The van der Waals surface area contributed by atoms with Gasteiger partial charge in [0.05, 0.1) is 12.7 Å². The average molecular weight is 367 g/mol. The first kappa shape index (κ1) is 16.6. The molecule has 2 heterocycles. The van der Waals surface area contributed by atoms with E-state index >= 15 is 0 Å². The van der Waals surface area contributed by atoms with Crippen molar-refractivity contribution in [3.05, 3.63) is 0 Å². The van der Waals surface area contributed by atoms with Gasteiger partial charge in [0.15, 0.2) is 6.23 Å². The molecule has 0 saturated carbocycles. The summed E-state index contributed by atoms with van der Waals surface area (Å²) in [5.74, 6) is -0.501. The minimum atomic E-state index is -1.14. The zero-order chi connectivity index (χ0) is 15.8. The summed E-state index contributed by atoms with van der Waals surface area (Å²) in [6.45, 7) is 3.29. The Kier molecular flexibility index (Phi) is 4.89. The molecule has 120 valence electrons.